The molecule has 2 amide bonds. The first-order valence-electron chi connectivity index (χ1n) is 11.1. The molecule has 2 rings (SSSR count). The van der Waals surface area contributed by atoms with Crippen LogP contribution in [-0.4, -0.2) is 50.5 Å². The van der Waals surface area contributed by atoms with E-state index < -0.39 is 34.3 Å². The highest BCUT2D eigenvalue weighted by atomic mass is 35.5. The van der Waals surface area contributed by atoms with E-state index in [4.69, 9.17) is 11.6 Å². The second kappa shape index (κ2) is 12.7. The van der Waals surface area contributed by atoms with Gasteiger partial charge in [0.15, 0.2) is 0 Å². The summed E-state index contributed by atoms with van der Waals surface area (Å²) in [5.41, 5.74) is 0.855. The molecule has 0 saturated carbocycles. The molecule has 10 heteroatoms. The van der Waals surface area contributed by atoms with Crippen LogP contribution in [0.15, 0.2) is 48.5 Å². The maximum Gasteiger partial charge on any atom is 0.244 e. The van der Waals surface area contributed by atoms with Crippen LogP contribution in [0, 0.1) is 5.82 Å². The Balaban J connectivity index is 2.39. The van der Waals surface area contributed by atoms with Gasteiger partial charge in [-0.25, -0.2) is 12.8 Å². The van der Waals surface area contributed by atoms with Gasteiger partial charge in [-0.05, 0) is 36.6 Å². The zero-order valence-corrected chi connectivity index (χ0v) is 21.2. The maximum atomic E-state index is 13.6. The topological polar surface area (TPSA) is 86.8 Å². The number of nitrogens with one attached hydrogen (secondary N) is 1. The molecule has 186 valence electrons. The molecule has 0 aliphatic rings. The van der Waals surface area contributed by atoms with E-state index in [9.17, 15) is 22.4 Å². The van der Waals surface area contributed by atoms with E-state index in [1.807, 2.05) is 37.3 Å². The number of unbranched alkanes of at least 4 members (excludes halogenated alkanes) is 1. The smallest absolute Gasteiger partial charge is 0.244 e. The number of sulfonamides is 1. The van der Waals surface area contributed by atoms with Gasteiger partial charge in [0.05, 0.1) is 17.0 Å². The molecule has 0 saturated heterocycles. The van der Waals surface area contributed by atoms with E-state index in [-0.39, 0.29) is 23.2 Å². The van der Waals surface area contributed by atoms with Crippen LogP contribution in [0.5, 0.6) is 0 Å². The Morgan fingerprint density at radius 3 is 2.35 bits per heavy atom. The first-order valence-corrected chi connectivity index (χ1v) is 13.3. The van der Waals surface area contributed by atoms with E-state index in [1.54, 1.807) is 6.92 Å². The van der Waals surface area contributed by atoms with Gasteiger partial charge in [0, 0.05) is 13.1 Å². The Hall–Kier alpha value is -2.65. The van der Waals surface area contributed by atoms with Crippen LogP contribution in [0.1, 0.15) is 38.7 Å². The molecular weight excluding hydrogens is 481 g/mol. The largest absolute Gasteiger partial charge is 0.354 e. The Kier molecular flexibility index (Phi) is 10.3. The molecule has 1 atom stereocenters. The summed E-state index contributed by atoms with van der Waals surface area (Å²) in [4.78, 5) is 27.8. The molecule has 0 fully saturated rings. The van der Waals surface area contributed by atoms with Crippen molar-refractivity contribution >= 4 is 39.1 Å². The van der Waals surface area contributed by atoms with Crippen molar-refractivity contribution in [3.8, 4) is 0 Å². The Labute approximate surface area is 205 Å². The molecule has 0 heterocycles. The highest BCUT2D eigenvalue weighted by Gasteiger charge is 2.31. The van der Waals surface area contributed by atoms with Crippen molar-refractivity contribution in [2.75, 3.05) is 23.7 Å². The van der Waals surface area contributed by atoms with Crippen LogP contribution in [0.2, 0.25) is 5.02 Å². The molecule has 0 aliphatic heterocycles. The monoisotopic (exact) mass is 511 g/mol. The lowest BCUT2D eigenvalue weighted by atomic mass is 10.1. The number of carbonyl (C=O) groups is 2. The SMILES string of the molecule is CCCCNC(=O)[C@@H](CC)N(Cc1ccccc1)C(=O)CN(c1ccc(F)c(Cl)c1)S(C)(=O)=O. The van der Waals surface area contributed by atoms with Crippen LogP contribution >= 0.6 is 11.6 Å². The number of halogens is 2. The van der Waals surface area contributed by atoms with Gasteiger partial charge in [-0.1, -0.05) is 62.2 Å². The number of carbonyl (C=O) groups excluding carboxylic acids is 2. The minimum Gasteiger partial charge on any atom is -0.354 e. The lowest BCUT2D eigenvalue weighted by Gasteiger charge is -2.33. The highest BCUT2D eigenvalue weighted by molar-refractivity contribution is 7.92. The van der Waals surface area contributed by atoms with Gasteiger partial charge in [-0.2, -0.15) is 0 Å². The van der Waals surface area contributed by atoms with E-state index in [0.717, 1.165) is 41.1 Å². The summed E-state index contributed by atoms with van der Waals surface area (Å²) >= 11 is 5.84. The Morgan fingerprint density at radius 2 is 1.79 bits per heavy atom. The lowest BCUT2D eigenvalue weighted by molar-refractivity contribution is -0.140. The Morgan fingerprint density at radius 1 is 1.12 bits per heavy atom. The standard InChI is InChI=1S/C24H31ClFN3O4S/c1-4-6-14-27-24(31)22(5-2)28(16-18-10-8-7-9-11-18)23(30)17-29(34(3,32)33)19-12-13-21(26)20(25)15-19/h7-13,15,22H,4-6,14,16-17H2,1-3H3,(H,27,31)/t22-/m1/s1. The number of rotatable bonds is 12. The molecule has 2 aromatic carbocycles. The van der Waals surface area contributed by atoms with E-state index in [0.29, 0.717) is 13.0 Å². The summed E-state index contributed by atoms with van der Waals surface area (Å²) in [5, 5.41) is 2.60. The van der Waals surface area contributed by atoms with Gasteiger partial charge >= 0.3 is 0 Å². The van der Waals surface area contributed by atoms with Crippen molar-refractivity contribution in [3.05, 3.63) is 64.9 Å². The molecule has 2 aromatic rings. The van der Waals surface area contributed by atoms with Crippen molar-refractivity contribution in [2.24, 2.45) is 0 Å². The fourth-order valence-corrected chi connectivity index (χ4v) is 4.48. The zero-order valence-electron chi connectivity index (χ0n) is 19.6. The fraction of sp³-hybridized carbons (Fsp3) is 0.417. The maximum absolute atomic E-state index is 13.6. The first kappa shape index (κ1) is 27.6. The summed E-state index contributed by atoms with van der Waals surface area (Å²) in [6, 6.07) is 11.8. The van der Waals surface area contributed by atoms with Crippen LogP contribution < -0.4 is 9.62 Å². The quantitative estimate of drug-likeness (QED) is 0.437. The molecule has 34 heavy (non-hydrogen) atoms. The number of hydrogen-bond acceptors (Lipinski definition) is 4. The van der Waals surface area contributed by atoms with Gasteiger partial charge in [0.1, 0.15) is 18.4 Å². The minimum absolute atomic E-state index is 0.0577. The number of benzene rings is 2. The second-order valence-corrected chi connectivity index (χ2v) is 10.3. The predicted octanol–water partition coefficient (Wildman–Crippen LogP) is 3.97. The van der Waals surface area contributed by atoms with Crippen molar-refractivity contribution in [1.82, 2.24) is 10.2 Å². The average Bonchev–Trinajstić information content (AvgIpc) is 2.79. The fourth-order valence-electron chi connectivity index (χ4n) is 3.46. The van der Waals surface area contributed by atoms with Crippen molar-refractivity contribution in [1.29, 1.82) is 0 Å². The van der Waals surface area contributed by atoms with Gasteiger partial charge in [0.25, 0.3) is 0 Å². The van der Waals surface area contributed by atoms with Crippen molar-refractivity contribution in [2.45, 2.75) is 45.7 Å². The van der Waals surface area contributed by atoms with E-state index in [1.165, 1.54) is 11.0 Å². The first-order chi connectivity index (χ1) is 16.1. The molecule has 0 bridgehead atoms. The van der Waals surface area contributed by atoms with E-state index in [2.05, 4.69) is 5.32 Å². The number of nitrogens with zero attached hydrogens (tertiary/aromatic N) is 2. The molecular formula is C24H31ClFN3O4S. The predicted molar refractivity (Wildman–Crippen MR) is 133 cm³/mol. The molecule has 0 spiro atoms. The summed E-state index contributed by atoms with van der Waals surface area (Å²) in [6.07, 6.45) is 3.01. The number of amides is 2. The Bertz CT molecular complexity index is 1080. The van der Waals surface area contributed by atoms with E-state index >= 15 is 0 Å². The molecule has 0 aromatic heterocycles. The summed E-state index contributed by atoms with van der Waals surface area (Å²) < 4.78 is 39.6. The average molecular weight is 512 g/mol. The van der Waals surface area contributed by atoms with Crippen LogP contribution in [0.25, 0.3) is 0 Å². The summed E-state index contributed by atoms with van der Waals surface area (Å²) in [5.74, 6) is -1.56. The van der Waals surface area contributed by atoms with Gasteiger partial charge in [-0.3, -0.25) is 13.9 Å². The van der Waals surface area contributed by atoms with Gasteiger partial charge in [0.2, 0.25) is 21.8 Å². The highest BCUT2D eigenvalue weighted by Crippen LogP contribution is 2.25. The van der Waals surface area contributed by atoms with Crippen LogP contribution in [0.3, 0.4) is 0 Å². The molecule has 0 unspecified atom stereocenters. The third-order valence-electron chi connectivity index (χ3n) is 5.28. The number of anilines is 1. The summed E-state index contributed by atoms with van der Waals surface area (Å²) in [7, 11) is -3.92. The lowest BCUT2D eigenvalue weighted by Crippen LogP contribution is -2.52. The van der Waals surface area contributed by atoms with Gasteiger partial charge < -0.3 is 10.2 Å². The third kappa shape index (κ3) is 7.70. The van der Waals surface area contributed by atoms with Crippen LogP contribution in [-0.2, 0) is 26.2 Å². The van der Waals surface area contributed by atoms with Crippen LogP contribution in [0.4, 0.5) is 10.1 Å². The molecule has 0 aliphatic carbocycles. The van der Waals surface area contributed by atoms with Crippen molar-refractivity contribution < 1.29 is 22.4 Å². The molecule has 1 N–H and O–H groups in total. The third-order valence-corrected chi connectivity index (χ3v) is 6.71. The number of hydrogen-bond donors (Lipinski definition) is 1. The minimum atomic E-state index is -3.92. The summed E-state index contributed by atoms with van der Waals surface area (Å²) in [6.45, 7) is 3.86. The van der Waals surface area contributed by atoms with Crippen molar-refractivity contribution in [3.63, 3.8) is 0 Å². The normalized spacial score (nSPS) is 12.1. The second-order valence-electron chi connectivity index (χ2n) is 7.94. The molecule has 7 nitrogen and oxygen atoms in total. The zero-order chi connectivity index (χ0) is 25.3. The molecule has 0 radical (unpaired) electrons. The van der Waals surface area contributed by atoms with Gasteiger partial charge in [-0.15, -0.1) is 0 Å².